The summed E-state index contributed by atoms with van der Waals surface area (Å²) in [6.45, 7) is 9.16. The third kappa shape index (κ3) is 6.79. The molecule has 2 heterocycles. The molecule has 0 saturated carbocycles. The summed E-state index contributed by atoms with van der Waals surface area (Å²) in [6, 6.07) is 4.71. The maximum atomic E-state index is 5.56. The van der Waals surface area contributed by atoms with Crippen molar-refractivity contribution in [3.05, 3.63) is 24.2 Å². The van der Waals surface area contributed by atoms with Crippen LogP contribution in [0.3, 0.4) is 0 Å². The number of hydrogen-bond donors (Lipinski definition) is 2. The molecule has 2 rings (SSSR count). The van der Waals surface area contributed by atoms with E-state index in [4.69, 9.17) is 9.41 Å². The van der Waals surface area contributed by atoms with Crippen LogP contribution in [0.2, 0.25) is 0 Å². The quantitative estimate of drug-likeness (QED) is 0.353. The molecule has 25 heavy (non-hydrogen) atoms. The monoisotopic (exact) mass is 463 g/mol. The highest BCUT2D eigenvalue weighted by atomic mass is 127. The number of likely N-dealkylation sites (tertiary alicyclic amines) is 1. The smallest absolute Gasteiger partial charge is 0.191 e. The zero-order valence-electron chi connectivity index (χ0n) is 16.0. The van der Waals surface area contributed by atoms with Crippen LogP contribution < -0.4 is 10.6 Å². The van der Waals surface area contributed by atoms with Gasteiger partial charge in [-0.1, -0.05) is 6.92 Å². The van der Waals surface area contributed by atoms with E-state index >= 15 is 0 Å². The van der Waals surface area contributed by atoms with Gasteiger partial charge in [-0.05, 0) is 59.1 Å². The van der Waals surface area contributed by atoms with Crippen molar-refractivity contribution in [2.45, 2.75) is 38.8 Å². The number of rotatable bonds is 8. The fraction of sp³-hybridized carbons (Fsp3) is 0.722. The number of guanidine groups is 1. The third-order valence-corrected chi connectivity index (χ3v) is 4.67. The van der Waals surface area contributed by atoms with Gasteiger partial charge in [-0.2, -0.15) is 0 Å². The van der Waals surface area contributed by atoms with Gasteiger partial charge in [-0.3, -0.25) is 14.8 Å². The first-order chi connectivity index (χ1) is 11.7. The molecule has 2 N–H and O–H groups in total. The summed E-state index contributed by atoms with van der Waals surface area (Å²) in [7, 11) is 4.11. The van der Waals surface area contributed by atoms with Crippen molar-refractivity contribution < 1.29 is 4.42 Å². The maximum absolute atomic E-state index is 5.56. The molecule has 2 atom stereocenters. The van der Waals surface area contributed by atoms with Crippen LogP contribution in [0.4, 0.5) is 0 Å². The minimum Gasteiger partial charge on any atom is -0.468 e. The van der Waals surface area contributed by atoms with E-state index in [2.05, 4.69) is 48.4 Å². The third-order valence-electron chi connectivity index (χ3n) is 4.67. The lowest BCUT2D eigenvalue weighted by Gasteiger charge is -2.24. The Morgan fingerprint density at radius 2 is 2.20 bits per heavy atom. The molecule has 0 aliphatic carbocycles. The Hall–Kier alpha value is -0.800. The second-order valence-corrected chi connectivity index (χ2v) is 6.52. The van der Waals surface area contributed by atoms with Crippen molar-refractivity contribution in [1.82, 2.24) is 20.4 Å². The predicted molar refractivity (Wildman–Crippen MR) is 115 cm³/mol. The van der Waals surface area contributed by atoms with E-state index in [1.165, 1.54) is 19.4 Å². The van der Waals surface area contributed by atoms with Gasteiger partial charge in [0.05, 0.1) is 18.8 Å². The van der Waals surface area contributed by atoms with Gasteiger partial charge < -0.3 is 15.1 Å². The van der Waals surface area contributed by atoms with Crippen molar-refractivity contribution in [3.63, 3.8) is 0 Å². The highest BCUT2D eigenvalue weighted by Gasteiger charge is 2.23. The van der Waals surface area contributed by atoms with Crippen LogP contribution in [-0.2, 0) is 0 Å². The molecule has 1 aliphatic rings. The molecule has 7 heteroatoms. The zero-order valence-corrected chi connectivity index (χ0v) is 18.3. The lowest BCUT2D eigenvalue weighted by atomic mass is 10.2. The number of nitrogens with zero attached hydrogens (tertiary/aromatic N) is 3. The van der Waals surface area contributed by atoms with E-state index in [1.54, 1.807) is 6.26 Å². The second kappa shape index (κ2) is 11.7. The van der Waals surface area contributed by atoms with E-state index in [0.717, 1.165) is 31.4 Å². The molecule has 0 amide bonds. The molecule has 6 nitrogen and oxygen atoms in total. The van der Waals surface area contributed by atoms with E-state index in [1.807, 2.05) is 12.1 Å². The SMILES string of the molecule is CCNC(=NCC(c1ccco1)N(C)C)NCC1CCCN1CC.I. The van der Waals surface area contributed by atoms with E-state index in [-0.39, 0.29) is 30.0 Å². The molecule has 0 spiro atoms. The zero-order chi connectivity index (χ0) is 17.4. The van der Waals surface area contributed by atoms with Crippen LogP contribution in [0.15, 0.2) is 27.8 Å². The Labute approximate surface area is 169 Å². The highest BCUT2D eigenvalue weighted by Crippen LogP contribution is 2.19. The van der Waals surface area contributed by atoms with Crippen LogP contribution in [0.25, 0.3) is 0 Å². The van der Waals surface area contributed by atoms with Crippen LogP contribution in [0.1, 0.15) is 38.5 Å². The van der Waals surface area contributed by atoms with Gasteiger partial charge in [0.15, 0.2) is 5.96 Å². The van der Waals surface area contributed by atoms with Crippen molar-refractivity contribution in [3.8, 4) is 0 Å². The summed E-state index contributed by atoms with van der Waals surface area (Å²) in [5.41, 5.74) is 0. The standard InChI is InChI=1S/C18H33N5O.HI/c1-5-19-18(20-13-15-9-7-11-23(15)6-2)21-14-16(22(3)4)17-10-8-12-24-17;/h8,10,12,15-16H,5-7,9,11,13-14H2,1-4H3,(H2,19,20,21);1H. The summed E-state index contributed by atoms with van der Waals surface area (Å²) in [4.78, 5) is 9.46. The molecule has 1 aliphatic heterocycles. The Morgan fingerprint density at radius 1 is 1.40 bits per heavy atom. The molecule has 2 unspecified atom stereocenters. The normalized spacial score (nSPS) is 19.7. The van der Waals surface area contributed by atoms with Crippen molar-refractivity contribution in [2.24, 2.45) is 4.99 Å². The van der Waals surface area contributed by atoms with E-state index in [0.29, 0.717) is 12.6 Å². The van der Waals surface area contributed by atoms with Crippen LogP contribution in [-0.4, -0.2) is 68.6 Å². The first-order valence-corrected chi connectivity index (χ1v) is 9.11. The number of aliphatic imine (C=N–C) groups is 1. The first-order valence-electron chi connectivity index (χ1n) is 9.11. The lowest BCUT2D eigenvalue weighted by Crippen LogP contribution is -2.45. The van der Waals surface area contributed by atoms with E-state index in [9.17, 15) is 0 Å². The van der Waals surface area contributed by atoms with Crippen LogP contribution >= 0.6 is 24.0 Å². The van der Waals surface area contributed by atoms with Gasteiger partial charge in [0.2, 0.25) is 0 Å². The fourth-order valence-corrected chi connectivity index (χ4v) is 3.27. The van der Waals surface area contributed by atoms with Gasteiger partial charge >= 0.3 is 0 Å². The largest absolute Gasteiger partial charge is 0.468 e. The first kappa shape index (κ1) is 22.2. The maximum Gasteiger partial charge on any atom is 0.191 e. The number of hydrogen-bond acceptors (Lipinski definition) is 4. The molecular weight excluding hydrogens is 429 g/mol. The number of likely N-dealkylation sites (N-methyl/N-ethyl adjacent to an activating group) is 2. The average molecular weight is 463 g/mol. The van der Waals surface area contributed by atoms with E-state index < -0.39 is 0 Å². The summed E-state index contributed by atoms with van der Waals surface area (Å²) in [5, 5.41) is 6.86. The second-order valence-electron chi connectivity index (χ2n) is 6.52. The summed E-state index contributed by atoms with van der Waals surface area (Å²) in [6.07, 6.45) is 4.29. The Bertz CT molecular complexity index is 492. The Balaban J connectivity index is 0.00000312. The van der Waals surface area contributed by atoms with Gasteiger partial charge in [-0.15, -0.1) is 24.0 Å². The van der Waals surface area contributed by atoms with Gasteiger partial charge in [0.25, 0.3) is 0 Å². The summed E-state index contributed by atoms with van der Waals surface area (Å²) < 4.78 is 5.56. The average Bonchev–Trinajstić information content (AvgIpc) is 3.23. The number of nitrogens with one attached hydrogen (secondary N) is 2. The molecule has 0 bridgehead atoms. The lowest BCUT2D eigenvalue weighted by molar-refractivity contribution is 0.263. The highest BCUT2D eigenvalue weighted by molar-refractivity contribution is 14.0. The summed E-state index contributed by atoms with van der Waals surface area (Å²) >= 11 is 0. The van der Waals surface area contributed by atoms with Crippen LogP contribution in [0, 0.1) is 0 Å². The molecular formula is C18H34IN5O. The van der Waals surface area contributed by atoms with Gasteiger partial charge in [-0.25, -0.2) is 0 Å². The summed E-state index contributed by atoms with van der Waals surface area (Å²) in [5.74, 6) is 1.84. The Kier molecular flexibility index (Phi) is 10.4. The molecule has 1 aromatic rings. The number of halogens is 1. The molecule has 1 aromatic heterocycles. The topological polar surface area (TPSA) is 56.0 Å². The Morgan fingerprint density at radius 3 is 2.80 bits per heavy atom. The van der Waals surface area contributed by atoms with Crippen molar-refractivity contribution in [2.75, 3.05) is 46.8 Å². The molecule has 0 aromatic carbocycles. The van der Waals surface area contributed by atoms with Crippen molar-refractivity contribution >= 4 is 29.9 Å². The molecule has 1 fully saturated rings. The van der Waals surface area contributed by atoms with Gasteiger partial charge in [0, 0.05) is 19.1 Å². The predicted octanol–water partition coefficient (Wildman–Crippen LogP) is 2.54. The van der Waals surface area contributed by atoms with Gasteiger partial charge in [0.1, 0.15) is 5.76 Å². The number of furan rings is 1. The van der Waals surface area contributed by atoms with Crippen molar-refractivity contribution in [1.29, 1.82) is 0 Å². The minimum atomic E-state index is 0. The molecule has 0 radical (unpaired) electrons. The molecule has 144 valence electrons. The fourth-order valence-electron chi connectivity index (χ4n) is 3.27. The van der Waals surface area contributed by atoms with Crippen LogP contribution in [0.5, 0.6) is 0 Å². The molecule has 1 saturated heterocycles. The minimum absolute atomic E-state index is 0.